The molecule has 1 fully saturated rings. The fourth-order valence-electron chi connectivity index (χ4n) is 6.42. The van der Waals surface area contributed by atoms with Crippen molar-refractivity contribution in [3.8, 4) is 0 Å². The number of hydrogen-bond acceptors (Lipinski definition) is 5. The van der Waals surface area contributed by atoms with Crippen molar-refractivity contribution in [2.45, 2.75) is 199 Å². The van der Waals surface area contributed by atoms with E-state index in [0.29, 0.717) is 13.2 Å². The van der Waals surface area contributed by atoms with E-state index in [9.17, 15) is 10.2 Å². The van der Waals surface area contributed by atoms with Crippen LogP contribution in [0.4, 0.5) is 0 Å². The molecule has 0 saturated carbocycles. The maximum atomic E-state index is 9.40. The Balaban J connectivity index is 2.23. The third kappa shape index (κ3) is 26.6. The highest BCUT2D eigenvalue weighted by Gasteiger charge is 2.40. The predicted molar refractivity (Wildman–Crippen MR) is 207 cm³/mol. The first-order valence-electron chi connectivity index (χ1n) is 20.6. The number of unbranched alkanes of at least 4 members (excludes halogenated alkanes) is 18. The van der Waals surface area contributed by atoms with Gasteiger partial charge < -0.3 is 19.7 Å². The zero-order valence-electron chi connectivity index (χ0n) is 31.8. The van der Waals surface area contributed by atoms with E-state index < -0.39 is 5.79 Å². The third-order valence-corrected chi connectivity index (χ3v) is 9.60. The van der Waals surface area contributed by atoms with Crippen LogP contribution < -0.4 is 0 Å². The van der Waals surface area contributed by atoms with Crippen LogP contribution in [-0.2, 0) is 9.47 Å². The summed E-state index contributed by atoms with van der Waals surface area (Å²) in [5.74, 6) is -0.446. The van der Waals surface area contributed by atoms with Gasteiger partial charge in [-0.2, -0.15) is 0 Å². The average Bonchev–Trinajstić information content (AvgIpc) is 3.51. The molecule has 280 valence electrons. The standard InChI is InChI=1S/C43H79NO4/c1-3-5-7-9-11-13-15-17-19-21-23-25-27-29-31-33-36-43(47-39-42(48-43)35-38-44(40-45)41-46)37-34-32-30-28-26-24-22-20-18-16-14-12-10-8-6-4-2/h11-14,17-20,42,45-46H,3-10,15-16,21-41H2,1-2H3/b13-11-,14-12-,19-17-,20-18-. The number of rotatable bonds is 35. The van der Waals surface area contributed by atoms with Gasteiger partial charge in [0.15, 0.2) is 5.79 Å². The molecule has 1 heterocycles. The molecule has 0 radical (unpaired) electrons. The normalized spacial score (nSPS) is 16.7. The minimum Gasteiger partial charge on any atom is -0.381 e. The molecule has 2 N–H and O–H groups in total. The zero-order chi connectivity index (χ0) is 34.6. The number of aliphatic hydroxyl groups is 2. The summed E-state index contributed by atoms with van der Waals surface area (Å²) in [5, 5.41) is 18.8. The highest BCUT2D eigenvalue weighted by molar-refractivity contribution is 4.93. The summed E-state index contributed by atoms with van der Waals surface area (Å²) in [5.41, 5.74) is 0. The molecule has 0 amide bonds. The van der Waals surface area contributed by atoms with Crippen LogP contribution >= 0.6 is 0 Å². The molecule has 0 aromatic heterocycles. The maximum Gasteiger partial charge on any atom is 0.168 e. The van der Waals surface area contributed by atoms with Crippen LogP contribution in [0.1, 0.15) is 187 Å². The Morgan fingerprint density at radius 1 is 0.542 bits per heavy atom. The van der Waals surface area contributed by atoms with Gasteiger partial charge in [0.2, 0.25) is 0 Å². The van der Waals surface area contributed by atoms with E-state index in [1.807, 2.05) is 0 Å². The van der Waals surface area contributed by atoms with Gasteiger partial charge in [-0.3, -0.25) is 4.90 Å². The summed E-state index contributed by atoms with van der Waals surface area (Å²) in [6, 6.07) is 0. The van der Waals surface area contributed by atoms with Gasteiger partial charge in [0.1, 0.15) is 0 Å². The Kier molecular flexibility index (Phi) is 31.9. The van der Waals surface area contributed by atoms with Crippen molar-refractivity contribution in [2.75, 3.05) is 26.6 Å². The first-order valence-corrected chi connectivity index (χ1v) is 20.6. The van der Waals surface area contributed by atoms with Gasteiger partial charge in [-0.1, -0.05) is 140 Å². The van der Waals surface area contributed by atoms with Crippen molar-refractivity contribution in [3.63, 3.8) is 0 Å². The molecule has 1 saturated heterocycles. The summed E-state index contributed by atoms with van der Waals surface area (Å²) in [7, 11) is 0. The summed E-state index contributed by atoms with van der Waals surface area (Å²) in [6.45, 7) is 5.50. The number of aliphatic hydroxyl groups excluding tert-OH is 2. The second-order valence-corrected chi connectivity index (χ2v) is 14.1. The van der Waals surface area contributed by atoms with Gasteiger partial charge in [-0.25, -0.2) is 0 Å². The van der Waals surface area contributed by atoms with Crippen LogP contribution in [0, 0.1) is 0 Å². The van der Waals surface area contributed by atoms with Crippen molar-refractivity contribution in [1.82, 2.24) is 4.90 Å². The van der Waals surface area contributed by atoms with Gasteiger partial charge in [0, 0.05) is 19.4 Å². The third-order valence-electron chi connectivity index (χ3n) is 9.60. The average molecular weight is 674 g/mol. The van der Waals surface area contributed by atoms with Gasteiger partial charge in [-0.05, 0) is 83.5 Å². The quantitative estimate of drug-likeness (QED) is 0.0398. The fraction of sp³-hybridized carbons (Fsp3) is 0.814. The first kappa shape index (κ1) is 44.8. The topological polar surface area (TPSA) is 62.2 Å². The molecule has 5 nitrogen and oxygen atoms in total. The number of allylic oxidation sites excluding steroid dienone is 8. The smallest absolute Gasteiger partial charge is 0.168 e. The van der Waals surface area contributed by atoms with E-state index >= 15 is 0 Å². The lowest BCUT2D eigenvalue weighted by molar-refractivity contribution is -0.180. The Bertz CT molecular complexity index is 740. The minimum absolute atomic E-state index is 0.0415. The Morgan fingerprint density at radius 3 is 1.35 bits per heavy atom. The number of hydrogen-bond donors (Lipinski definition) is 2. The molecule has 0 aliphatic carbocycles. The summed E-state index contributed by atoms with van der Waals surface area (Å²) in [6.07, 6.45) is 51.6. The number of ether oxygens (including phenoxy) is 2. The van der Waals surface area contributed by atoms with Crippen LogP contribution in [-0.4, -0.2) is 53.6 Å². The largest absolute Gasteiger partial charge is 0.381 e. The van der Waals surface area contributed by atoms with Crippen LogP contribution in [0.5, 0.6) is 0 Å². The molecule has 0 spiro atoms. The van der Waals surface area contributed by atoms with Crippen LogP contribution in [0.15, 0.2) is 48.6 Å². The predicted octanol–water partition coefficient (Wildman–Crippen LogP) is 12.1. The van der Waals surface area contributed by atoms with E-state index in [-0.39, 0.29) is 19.6 Å². The second-order valence-electron chi connectivity index (χ2n) is 14.1. The van der Waals surface area contributed by atoms with E-state index in [4.69, 9.17) is 9.47 Å². The molecular weight excluding hydrogens is 594 g/mol. The number of nitrogens with zero attached hydrogens (tertiary/aromatic N) is 1. The summed E-state index contributed by atoms with van der Waals surface area (Å²) < 4.78 is 13.0. The SMILES string of the molecule is CCCCC/C=C\C/C=C\CCCCCCCCC1(CCCCCCCC/C=C\C/C=C\CCCCC)OCC(CCN(CO)CO)O1. The molecule has 1 aliphatic rings. The molecule has 0 aromatic rings. The molecule has 1 aliphatic heterocycles. The van der Waals surface area contributed by atoms with E-state index in [1.165, 1.54) is 128 Å². The van der Waals surface area contributed by atoms with E-state index in [2.05, 4.69) is 62.5 Å². The molecular formula is C43H79NO4. The summed E-state index contributed by atoms with van der Waals surface area (Å²) in [4.78, 5) is 1.62. The fourth-order valence-corrected chi connectivity index (χ4v) is 6.42. The first-order chi connectivity index (χ1) is 23.7. The van der Waals surface area contributed by atoms with Crippen molar-refractivity contribution >= 4 is 0 Å². The van der Waals surface area contributed by atoms with Gasteiger partial charge in [0.05, 0.1) is 26.2 Å². The van der Waals surface area contributed by atoms with Crippen molar-refractivity contribution in [1.29, 1.82) is 0 Å². The van der Waals surface area contributed by atoms with Crippen LogP contribution in [0.25, 0.3) is 0 Å². The van der Waals surface area contributed by atoms with E-state index in [1.54, 1.807) is 4.90 Å². The Labute approximate surface area is 298 Å². The maximum absolute atomic E-state index is 9.40. The zero-order valence-corrected chi connectivity index (χ0v) is 31.8. The lowest BCUT2D eigenvalue weighted by Gasteiger charge is -2.29. The molecule has 1 rings (SSSR count). The lowest BCUT2D eigenvalue weighted by atomic mass is 9.98. The monoisotopic (exact) mass is 674 g/mol. The second kappa shape index (κ2) is 34.2. The molecule has 48 heavy (non-hydrogen) atoms. The Hall–Kier alpha value is -1.24. The van der Waals surface area contributed by atoms with Crippen molar-refractivity contribution in [3.05, 3.63) is 48.6 Å². The van der Waals surface area contributed by atoms with Gasteiger partial charge in [0.25, 0.3) is 0 Å². The molecule has 0 bridgehead atoms. The highest BCUT2D eigenvalue weighted by Crippen LogP contribution is 2.35. The Morgan fingerprint density at radius 2 is 0.938 bits per heavy atom. The van der Waals surface area contributed by atoms with Crippen molar-refractivity contribution in [2.24, 2.45) is 0 Å². The highest BCUT2D eigenvalue weighted by atomic mass is 16.7. The minimum atomic E-state index is -0.446. The van der Waals surface area contributed by atoms with Gasteiger partial charge in [-0.15, -0.1) is 0 Å². The van der Waals surface area contributed by atoms with Gasteiger partial charge >= 0.3 is 0 Å². The molecule has 1 unspecified atom stereocenters. The van der Waals surface area contributed by atoms with Crippen LogP contribution in [0.2, 0.25) is 0 Å². The lowest BCUT2D eigenvalue weighted by Crippen LogP contribution is -2.33. The molecule has 5 heteroatoms. The van der Waals surface area contributed by atoms with Crippen molar-refractivity contribution < 1.29 is 19.7 Å². The summed E-state index contributed by atoms with van der Waals surface area (Å²) >= 11 is 0. The van der Waals surface area contributed by atoms with Crippen LogP contribution in [0.3, 0.4) is 0 Å². The van der Waals surface area contributed by atoms with E-state index in [0.717, 1.165) is 44.9 Å². The molecule has 1 atom stereocenters. The molecule has 0 aromatic carbocycles.